The van der Waals surface area contributed by atoms with Crippen molar-refractivity contribution in [3.8, 4) is 0 Å². The topological polar surface area (TPSA) is 30.2 Å². The number of carbonyl (C=O) groups excluding carboxylic acids is 1. The number of hydrogen-bond acceptors (Lipinski definition) is 2. The first-order chi connectivity index (χ1) is 8.61. The van der Waals surface area contributed by atoms with Gasteiger partial charge in [0.1, 0.15) is 17.1 Å². The first-order valence-electron chi connectivity index (χ1n) is 5.87. The quantitative estimate of drug-likeness (QED) is 0.748. The van der Waals surface area contributed by atoms with Crippen molar-refractivity contribution in [1.29, 1.82) is 0 Å². The summed E-state index contributed by atoms with van der Waals surface area (Å²) in [6, 6.07) is 5.87. The summed E-state index contributed by atoms with van der Waals surface area (Å²) in [5, 5.41) is 1.06. The van der Waals surface area contributed by atoms with Crippen molar-refractivity contribution in [2.24, 2.45) is 0 Å². The minimum absolute atomic E-state index is 0.178. The Labute approximate surface area is 119 Å². The second-order valence-corrected chi connectivity index (χ2v) is 5.59. The van der Waals surface area contributed by atoms with Crippen LogP contribution in [0.5, 0.6) is 0 Å². The highest BCUT2D eigenvalue weighted by atomic mass is 79.9. The maximum Gasteiger partial charge on any atom is 0.140 e. The standard InChI is InChI=1S/C14H14BrClO2/c1-9-12-7-10(15)4-5-13(12)18-14(9)8-11(17)3-2-6-16/h4-5,7H,2-3,6,8H2,1H3. The summed E-state index contributed by atoms with van der Waals surface area (Å²) in [4.78, 5) is 11.7. The van der Waals surface area contributed by atoms with Crippen molar-refractivity contribution in [3.63, 3.8) is 0 Å². The van der Waals surface area contributed by atoms with Gasteiger partial charge in [-0.15, -0.1) is 11.6 Å². The Balaban J connectivity index is 2.23. The highest BCUT2D eigenvalue weighted by Gasteiger charge is 2.13. The minimum atomic E-state index is 0.178. The molecule has 2 rings (SSSR count). The summed E-state index contributed by atoms with van der Waals surface area (Å²) in [6.45, 7) is 1.99. The number of furan rings is 1. The molecule has 0 spiro atoms. The molecule has 0 N–H and O–H groups in total. The van der Waals surface area contributed by atoms with Crippen molar-refractivity contribution in [2.45, 2.75) is 26.2 Å². The molecule has 0 atom stereocenters. The smallest absolute Gasteiger partial charge is 0.140 e. The van der Waals surface area contributed by atoms with E-state index in [-0.39, 0.29) is 5.78 Å². The van der Waals surface area contributed by atoms with Gasteiger partial charge < -0.3 is 4.42 Å². The van der Waals surface area contributed by atoms with Crippen LogP contribution in [0.25, 0.3) is 11.0 Å². The number of alkyl halides is 1. The Bertz CT molecular complexity index is 574. The van der Waals surface area contributed by atoms with Crippen LogP contribution in [-0.4, -0.2) is 11.7 Å². The lowest BCUT2D eigenvalue weighted by Gasteiger charge is -1.97. The van der Waals surface area contributed by atoms with Crippen molar-refractivity contribution in [3.05, 3.63) is 34.0 Å². The van der Waals surface area contributed by atoms with Gasteiger partial charge >= 0.3 is 0 Å². The molecule has 0 unspecified atom stereocenters. The Morgan fingerprint density at radius 1 is 1.44 bits per heavy atom. The van der Waals surface area contributed by atoms with E-state index < -0.39 is 0 Å². The number of benzene rings is 1. The van der Waals surface area contributed by atoms with Crippen LogP contribution in [0.15, 0.2) is 27.1 Å². The lowest BCUT2D eigenvalue weighted by atomic mass is 10.1. The van der Waals surface area contributed by atoms with E-state index in [4.69, 9.17) is 16.0 Å². The number of carbonyl (C=O) groups is 1. The zero-order valence-corrected chi connectivity index (χ0v) is 12.5. The first-order valence-corrected chi connectivity index (χ1v) is 7.19. The molecule has 18 heavy (non-hydrogen) atoms. The van der Waals surface area contributed by atoms with E-state index >= 15 is 0 Å². The molecule has 0 saturated heterocycles. The van der Waals surface area contributed by atoms with E-state index in [0.29, 0.717) is 18.7 Å². The van der Waals surface area contributed by atoms with Gasteiger partial charge in [0.15, 0.2) is 0 Å². The molecule has 0 bridgehead atoms. The van der Waals surface area contributed by atoms with E-state index in [1.54, 1.807) is 0 Å². The largest absolute Gasteiger partial charge is 0.460 e. The summed E-state index contributed by atoms with van der Waals surface area (Å²) in [5.41, 5.74) is 1.88. The zero-order valence-electron chi connectivity index (χ0n) is 10.1. The number of ketones is 1. The molecule has 1 aromatic carbocycles. The summed E-state index contributed by atoms with van der Waals surface area (Å²) in [6.07, 6.45) is 1.60. The number of rotatable bonds is 5. The lowest BCUT2D eigenvalue weighted by Crippen LogP contribution is -2.02. The van der Waals surface area contributed by atoms with Gasteiger partial charge in [-0.1, -0.05) is 15.9 Å². The molecule has 0 fully saturated rings. The molecular formula is C14H14BrClO2. The van der Waals surface area contributed by atoms with Crippen molar-refractivity contribution in [2.75, 3.05) is 5.88 Å². The van der Waals surface area contributed by atoms with E-state index in [0.717, 1.165) is 33.2 Å². The van der Waals surface area contributed by atoms with Crippen molar-refractivity contribution in [1.82, 2.24) is 0 Å². The molecule has 0 amide bonds. The molecule has 0 aliphatic rings. The highest BCUT2D eigenvalue weighted by molar-refractivity contribution is 9.10. The number of hydrogen-bond donors (Lipinski definition) is 0. The third-order valence-corrected chi connectivity index (χ3v) is 3.70. The summed E-state index contributed by atoms with van der Waals surface area (Å²) in [5.74, 6) is 1.47. The molecule has 1 heterocycles. The average Bonchev–Trinajstić information content (AvgIpc) is 2.64. The Kier molecular flexibility index (Phi) is 4.46. The maximum absolute atomic E-state index is 11.7. The number of aryl methyl sites for hydroxylation is 1. The summed E-state index contributed by atoms with van der Waals surface area (Å²) in [7, 11) is 0. The molecule has 2 aromatic rings. The predicted molar refractivity (Wildman–Crippen MR) is 77.3 cm³/mol. The monoisotopic (exact) mass is 328 g/mol. The fraction of sp³-hybridized carbons (Fsp3) is 0.357. The number of fused-ring (bicyclic) bond motifs is 1. The molecule has 1 aromatic heterocycles. The Morgan fingerprint density at radius 2 is 2.22 bits per heavy atom. The van der Waals surface area contributed by atoms with Gasteiger partial charge in [0.2, 0.25) is 0 Å². The van der Waals surface area contributed by atoms with Gasteiger partial charge in [-0.2, -0.15) is 0 Å². The van der Waals surface area contributed by atoms with Crippen LogP contribution in [0.1, 0.15) is 24.2 Å². The summed E-state index contributed by atoms with van der Waals surface area (Å²) < 4.78 is 6.74. The average molecular weight is 330 g/mol. The SMILES string of the molecule is Cc1c(CC(=O)CCCCl)oc2ccc(Br)cc12. The summed E-state index contributed by atoms with van der Waals surface area (Å²) >= 11 is 9.02. The molecular weight excluding hydrogens is 316 g/mol. The van der Waals surface area contributed by atoms with Gasteiger partial charge in [0, 0.05) is 22.2 Å². The normalized spacial score (nSPS) is 11.1. The van der Waals surface area contributed by atoms with Gasteiger partial charge in [-0.3, -0.25) is 4.79 Å². The van der Waals surface area contributed by atoms with Gasteiger partial charge in [-0.25, -0.2) is 0 Å². The second-order valence-electron chi connectivity index (χ2n) is 4.30. The lowest BCUT2D eigenvalue weighted by molar-refractivity contribution is -0.118. The number of Topliss-reactive ketones (excluding diaryl/α,β-unsaturated/α-hetero) is 1. The van der Waals surface area contributed by atoms with Crippen LogP contribution in [0.2, 0.25) is 0 Å². The fourth-order valence-electron chi connectivity index (χ4n) is 1.94. The van der Waals surface area contributed by atoms with Gasteiger partial charge in [0.25, 0.3) is 0 Å². The minimum Gasteiger partial charge on any atom is -0.460 e. The Hall–Kier alpha value is -0.800. The van der Waals surface area contributed by atoms with E-state index in [1.165, 1.54) is 0 Å². The van der Waals surface area contributed by atoms with Crippen LogP contribution in [0.3, 0.4) is 0 Å². The molecule has 0 aliphatic carbocycles. The predicted octanol–water partition coefficient (Wildman–Crippen LogP) is 4.63. The van der Waals surface area contributed by atoms with E-state index in [2.05, 4.69) is 15.9 Å². The van der Waals surface area contributed by atoms with E-state index in [9.17, 15) is 4.79 Å². The molecule has 0 aliphatic heterocycles. The highest BCUT2D eigenvalue weighted by Crippen LogP contribution is 2.28. The maximum atomic E-state index is 11.7. The van der Waals surface area contributed by atoms with Crippen LogP contribution in [-0.2, 0) is 11.2 Å². The van der Waals surface area contributed by atoms with Crippen molar-refractivity contribution >= 4 is 44.3 Å². The van der Waals surface area contributed by atoms with Crippen LogP contribution >= 0.6 is 27.5 Å². The Morgan fingerprint density at radius 3 is 2.94 bits per heavy atom. The van der Waals surface area contributed by atoms with Crippen LogP contribution in [0.4, 0.5) is 0 Å². The second kappa shape index (κ2) is 5.89. The zero-order chi connectivity index (χ0) is 13.1. The molecule has 0 saturated carbocycles. The number of halogens is 2. The van der Waals surface area contributed by atoms with Crippen molar-refractivity contribution < 1.29 is 9.21 Å². The third-order valence-electron chi connectivity index (χ3n) is 2.94. The molecule has 96 valence electrons. The van der Waals surface area contributed by atoms with Crippen LogP contribution in [0, 0.1) is 6.92 Å². The van der Waals surface area contributed by atoms with Crippen LogP contribution < -0.4 is 0 Å². The van der Waals surface area contributed by atoms with Gasteiger partial charge in [0.05, 0.1) is 6.42 Å². The van der Waals surface area contributed by atoms with Gasteiger partial charge in [-0.05, 0) is 37.1 Å². The molecule has 0 radical (unpaired) electrons. The van der Waals surface area contributed by atoms with E-state index in [1.807, 2.05) is 25.1 Å². The fourth-order valence-corrected chi connectivity index (χ4v) is 2.44. The molecule has 4 heteroatoms. The third kappa shape index (κ3) is 2.96. The molecule has 2 nitrogen and oxygen atoms in total. The first kappa shape index (κ1) is 13.6.